The minimum absolute atomic E-state index is 0. The van der Waals surface area contributed by atoms with E-state index >= 15 is 0 Å². The summed E-state index contributed by atoms with van der Waals surface area (Å²) >= 11 is 0. The minimum atomic E-state index is 0. The molecule has 1 aliphatic rings. The zero-order valence-electron chi connectivity index (χ0n) is 14.3. The van der Waals surface area contributed by atoms with Crippen LogP contribution in [0.15, 0.2) is 35.3 Å². The van der Waals surface area contributed by atoms with Crippen LogP contribution in [-0.2, 0) is 11.3 Å². The Bertz CT molecular complexity index is 453. The second-order valence-electron chi connectivity index (χ2n) is 5.93. The van der Waals surface area contributed by atoms with Gasteiger partial charge in [0.05, 0.1) is 13.2 Å². The highest BCUT2D eigenvalue weighted by Gasteiger charge is 2.24. The Hall–Kier alpha value is -0.820. The third-order valence-corrected chi connectivity index (χ3v) is 4.08. The van der Waals surface area contributed by atoms with Crippen LogP contribution >= 0.6 is 24.0 Å². The Kier molecular flexibility index (Phi) is 10.3. The summed E-state index contributed by atoms with van der Waals surface area (Å²) in [7, 11) is 1.87. The van der Waals surface area contributed by atoms with Crippen molar-refractivity contribution >= 4 is 29.9 Å². The van der Waals surface area contributed by atoms with Crippen LogP contribution in [0.1, 0.15) is 31.7 Å². The molecule has 1 saturated heterocycles. The number of guanidine groups is 1. The largest absolute Gasteiger partial charge is 0.376 e. The molecule has 1 aromatic carbocycles. The number of nitrogens with one attached hydrogen (secondary N) is 1. The molecule has 23 heavy (non-hydrogen) atoms. The van der Waals surface area contributed by atoms with Crippen LogP contribution in [-0.4, -0.2) is 44.1 Å². The van der Waals surface area contributed by atoms with Crippen LogP contribution in [0.25, 0.3) is 0 Å². The van der Waals surface area contributed by atoms with Crippen molar-refractivity contribution in [3.05, 3.63) is 35.9 Å². The molecule has 1 heterocycles. The maximum atomic E-state index is 5.88. The lowest BCUT2D eigenvalue weighted by molar-refractivity contribution is 0.0907. The Labute approximate surface area is 157 Å². The van der Waals surface area contributed by atoms with E-state index in [0.717, 1.165) is 32.2 Å². The zero-order valence-corrected chi connectivity index (χ0v) is 16.7. The van der Waals surface area contributed by atoms with Crippen LogP contribution in [0.5, 0.6) is 0 Å². The quantitative estimate of drug-likeness (QED) is 0.311. The summed E-state index contributed by atoms with van der Waals surface area (Å²) in [5, 5.41) is 3.45. The molecule has 1 aliphatic heterocycles. The second-order valence-corrected chi connectivity index (χ2v) is 5.93. The van der Waals surface area contributed by atoms with Gasteiger partial charge in [-0.3, -0.25) is 4.99 Å². The number of ether oxygens (including phenoxy) is 1. The molecular formula is C18H30IN3O. The van der Waals surface area contributed by atoms with Gasteiger partial charge in [0.25, 0.3) is 0 Å². The fourth-order valence-electron chi connectivity index (χ4n) is 2.79. The lowest BCUT2D eigenvalue weighted by atomic mass is 10.1. The van der Waals surface area contributed by atoms with Gasteiger partial charge in [-0.15, -0.1) is 24.0 Å². The molecule has 5 heteroatoms. The normalized spacial score (nSPS) is 17.9. The van der Waals surface area contributed by atoms with Gasteiger partial charge in [0.15, 0.2) is 5.96 Å². The van der Waals surface area contributed by atoms with E-state index < -0.39 is 0 Å². The summed E-state index contributed by atoms with van der Waals surface area (Å²) in [5.41, 5.74) is 1.24. The highest BCUT2D eigenvalue weighted by atomic mass is 127. The van der Waals surface area contributed by atoms with Crippen molar-refractivity contribution in [2.75, 3.05) is 33.3 Å². The highest BCUT2D eigenvalue weighted by molar-refractivity contribution is 14.0. The molecule has 1 N–H and O–H groups in total. The maximum absolute atomic E-state index is 5.88. The highest BCUT2D eigenvalue weighted by Crippen LogP contribution is 2.17. The van der Waals surface area contributed by atoms with Gasteiger partial charge in [0.1, 0.15) is 0 Å². The Morgan fingerprint density at radius 2 is 2.13 bits per heavy atom. The van der Waals surface area contributed by atoms with Gasteiger partial charge >= 0.3 is 0 Å². The monoisotopic (exact) mass is 431 g/mol. The fraction of sp³-hybridized carbons (Fsp3) is 0.611. The molecule has 1 fully saturated rings. The number of hydrogen-bond donors (Lipinski definition) is 1. The van der Waals surface area contributed by atoms with Crippen molar-refractivity contribution in [2.24, 2.45) is 10.9 Å². The molecule has 2 rings (SSSR count). The predicted molar refractivity (Wildman–Crippen MR) is 107 cm³/mol. The number of rotatable bonds is 7. The van der Waals surface area contributed by atoms with Gasteiger partial charge in [-0.2, -0.15) is 0 Å². The number of benzene rings is 1. The summed E-state index contributed by atoms with van der Waals surface area (Å²) in [6, 6.07) is 10.4. The molecule has 0 spiro atoms. The average Bonchev–Trinajstić information content (AvgIpc) is 3.01. The number of unbranched alkanes of at least 4 members (excludes halogenated alkanes) is 1. The van der Waals surface area contributed by atoms with Crippen molar-refractivity contribution < 1.29 is 4.74 Å². The average molecular weight is 431 g/mol. The van der Waals surface area contributed by atoms with E-state index in [1.54, 1.807) is 0 Å². The van der Waals surface area contributed by atoms with Crippen LogP contribution in [0.2, 0.25) is 0 Å². The van der Waals surface area contributed by atoms with Gasteiger partial charge in [-0.1, -0.05) is 43.7 Å². The van der Waals surface area contributed by atoms with Gasteiger partial charge in [-0.05, 0) is 18.4 Å². The number of halogens is 1. The first kappa shape index (κ1) is 20.2. The van der Waals surface area contributed by atoms with E-state index in [0.29, 0.717) is 12.5 Å². The molecular weight excluding hydrogens is 401 g/mol. The Morgan fingerprint density at radius 1 is 1.35 bits per heavy atom. The summed E-state index contributed by atoms with van der Waals surface area (Å²) in [6.07, 6.45) is 3.58. The minimum Gasteiger partial charge on any atom is -0.376 e. The predicted octanol–water partition coefficient (Wildman–Crippen LogP) is 3.52. The summed E-state index contributed by atoms with van der Waals surface area (Å²) < 4.78 is 5.88. The van der Waals surface area contributed by atoms with E-state index in [-0.39, 0.29) is 24.0 Å². The van der Waals surface area contributed by atoms with E-state index in [1.807, 2.05) is 13.1 Å². The third-order valence-electron chi connectivity index (χ3n) is 4.08. The fourth-order valence-corrected chi connectivity index (χ4v) is 2.79. The summed E-state index contributed by atoms with van der Waals surface area (Å²) in [4.78, 5) is 6.75. The third kappa shape index (κ3) is 7.08. The molecule has 0 aromatic heterocycles. The molecule has 0 bridgehead atoms. The first-order valence-electron chi connectivity index (χ1n) is 8.40. The van der Waals surface area contributed by atoms with Crippen molar-refractivity contribution in [2.45, 2.75) is 32.8 Å². The maximum Gasteiger partial charge on any atom is 0.193 e. The van der Waals surface area contributed by atoms with Crippen LogP contribution in [0.4, 0.5) is 0 Å². The Balaban J connectivity index is 0.00000264. The SMILES string of the molecule is CCCCNC(=NC)N1CCC(COCc2ccccc2)C1.I. The molecule has 130 valence electrons. The topological polar surface area (TPSA) is 36.9 Å². The summed E-state index contributed by atoms with van der Waals surface area (Å²) in [6.45, 7) is 6.87. The van der Waals surface area contributed by atoms with Crippen molar-refractivity contribution in [3.8, 4) is 0 Å². The molecule has 0 amide bonds. The van der Waals surface area contributed by atoms with Crippen LogP contribution in [0.3, 0.4) is 0 Å². The van der Waals surface area contributed by atoms with Crippen molar-refractivity contribution in [1.82, 2.24) is 10.2 Å². The zero-order chi connectivity index (χ0) is 15.6. The van der Waals surface area contributed by atoms with Crippen molar-refractivity contribution in [1.29, 1.82) is 0 Å². The Morgan fingerprint density at radius 3 is 2.83 bits per heavy atom. The van der Waals surface area contributed by atoms with E-state index in [2.05, 4.69) is 46.4 Å². The number of likely N-dealkylation sites (tertiary alicyclic amines) is 1. The standard InChI is InChI=1S/C18H29N3O.HI/c1-3-4-11-20-18(19-2)21-12-10-17(13-21)15-22-14-16-8-6-5-7-9-16;/h5-9,17H,3-4,10-15H2,1-2H3,(H,19,20);1H. The second kappa shape index (κ2) is 11.7. The van der Waals surface area contributed by atoms with Crippen LogP contribution in [0, 0.1) is 5.92 Å². The van der Waals surface area contributed by atoms with E-state index in [4.69, 9.17) is 4.74 Å². The van der Waals surface area contributed by atoms with Gasteiger partial charge in [-0.25, -0.2) is 0 Å². The van der Waals surface area contributed by atoms with Crippen LogP contribution < -0.4 is 5.32 Å². The van der Waals surface area contributed by atoms with E-state index in [1.165, 1.54) is 24.8 Å². The number of hydrogen-bond acceptors (Lipinski definition) is 2. The summed E-state index contributed by atoms with van der Waals surface area (Å²) in [5.74, 6) is 1.65. The number of nitrogens with zero attached hydrogens (tertiary/aromatic N) is 2. The smallest absolute Gasteiger partial charge is 0.193 e. The molecule has 0 radical (unpaired) electrons. The molecule has 1 aromatic rings. The van der Waals surface area contributed by atoms with Gasteiger partial charge in [0.2, 0.25) is 0 Å². The molecule has 1 unspecified atom stereocenters. The van der Waals surface area contributed by atoms with Gasteiger partial charge in [0, 0.05) is 32.6 Å². The molecule has 0 saturated carbocycles. The van der Waals surface area contributed by atoms with E-state index in [9.17, 15) is 0 Å². The molecule has 4 nitrogen and oxygen atoms in total. The van der Waals surface area contributed by atoms with Crippen molar-refractivity contribution in [3.63, 3.8) is 0 Å². The lowest BCUT2D eigenvalue weighted by Crippen LogP contribution is -2.40. The van der Waals surface area contributed by atoms with Gasteiger partial charge < -0.3 is 15.0 Å². The lowest BCUT2D eigenvalue weighted by Gasteiger charge is -2.21. The first-order chi connectivity index (χ1) is 10.8. The first-order valence-corrected chi connectivity index (χ1v) is 8.40. The molecule has 0 aliphatic carbocycles. The number of aliphatic imine (C=N–C) groups is 1. The molecule has 1 atom stereocenters.